The van der Waals surface area contributed by atoms with Crippen LogP contribution in [0, 0.1) is 0 Å². The summed E-state index contributed by atoms with van der Waals surface area (Å²) in [5.41, 5.74) is 1.96. The predicted octanol–water partition coefficient (Wildman–Crippen LogP) is 3.94. The monoisotopic (exact) mass is 229 g/mol. The van der Waals surface area contributed by atoms with Crippen LogP contribution in [-0.4, -0.2) is 18.0 Å². The van der Waals surface area contributed by atoms with Gasteiger partial charge in [0.1, 0.15) is 0 Å². The lowest BCUT2D eigenvalue weighted by Crippen LogP contribution is -2.45. The summed E-state index contributed by atoms with van der Waals surface area (Å²) >= 11 is 0. The van der Waals surface area contributed by atoms with Gasteiger partial charge in [0.05, 0.1) is 0 Å². The zero-order chi connectivity index (χ0) is 11.6. The van der Waals surface area contributed by atoms with E-state index < -0.39 is 0 Å². The third-order valence-corrected chi connectivity index (χ3v) is 4.70. The van der Waals surface area contributed by atoms with Crippen LogP contribution >= 0.6 is 0 Å². The third-order valence-electron chi connectivity index (χ3n) is 4.70. The molecule has 0 N–H and O–H groups in total. The second kappa shape index (κ2) is 4.81. The van der Waals surface area contributed by atoms with E-state index in [2.05, 4.69) is 35.2 Å². The molecule has 17 heavy (non-hydrogen) atoms. The number of hydrogen-bond acceptors (Lipinski definition) is 1. The van der Waals surface area contributed by atoms with Gasteiger partial charge in [-0.25, -0.2) is 0 Å². The van der Waals surface area contributed by atoms with E-state index in [0.717, 1.165) is 0 Å². The topological polar surface area (TPSA) is 3.24 Å². The molecule has 1 aliphatic heterocycles. The van der Waals surface area contributed by atoms with E-state index in [0.29, 0.717) is 5.54 Å². The summed E-state index contributed by atoms with van der Waals surface area (Å²) in [5.74, 6) is 0. The maximum atomic E-state index is 2.78. The molecule has 1 saturated carbocycles. The van der Waals surface area contributed by atoms with Crippen LogP contribution in [-0.2, 0) is 5.54 Å². The molecule has 0 radical (unpaired) electrons. The Kier molecular flexibility index (Phi) is 3.19. The third kappa shape index (κ3) is 2.01. The van der Waals surface area contributed by atoms with E-state index >= 15 is 0 Å². The van der Waals surface area contributed by atoms with Gasteiger partial charge < -0.3 is 0 Å². The summed E-state index contributed by atoms with van der Waals surface area (Å²) in [4.78, 5) is 2.78. The van der Waals surface area contributed by atoms with Crippen LogP contribution < -0.4 is 0 Å². The molecule has 1 saturated heterocycles. The van der Waals surface area contributed by atoms with Crippen molar-refractivity contribution >= 4 is 0 Å². The molecule has 2 fully saturated rings. The number of likely N-dealkylation sites (tertiary alicyclic amines) is 1. The van der Waals surface area contributed by atoms with Gasteiger partial charge >= 0.3 is 0 Å². The Hall–Kier alpha value is -0.820. The Morgan fingerprint density at radius 1 is 0.765 bits per heavy atom. The minimum atomic E-state index is 0.385. The highest BCUT2D eigenvalue weighted by atomic mass is 15.2. The number of benzene rings is 1. The summed E-state index contributed by atoms with van der Waals surface area (Å²) in [6, 6.07) is 11.3. The molecule has 1 aromatic carbocycles. The fourth-order valence-corrected chi connectivity index (χ4v) is 3.82. The molecule has 3 rings (SSSR count). The Labute approximate surface area is 105 Å². The molecule has 92 valence electrons. The van der Waals surface area contributed by atoms with Crippen molar-refractivity contribution < 1.29 is 0 Å². The SMILES string of the molecule is c1ccc(C2(N3CCCC3)CCCCC2)cc1. The normalized spacial score (nSPS) is 24.9. The van der Waals surface area contributed by atoms with Gasteiger partial charge in [0.2, 0.25) is 0 Å². The first-order valence-corrected chi connectivity index (χ1v) is 7.22. The second-order valence-corrected chi connectivity index (χ2v) is 5.65. The molecule has 0 unspecified atom stereocenters. The molecule has 0 atom stereocenters. The summed E-state index contributed by atoms with van der Waals surface area (Å²) in [6.45, 7) is 2.63. The highest BCUT2D eigenvalue weighted by molar-refractivity contribution is 5.25. The molecule has 1 nitrogen and oxygen atoms in total. The molecule has 0 aromatic heterocycles. The number of nitrogens with zero attached hydrogens (tertiary/aromatic N) is 1. The van der Waals surface area contributed by atoms with Crippen molar-refractivity contribution in [3.8, 4) is 0 Å². The van der Waals surface area contributed by atoms with Gasteiger partial charge in [-0.2, -0.15) is 0 Å². The maximum Gasteiger partial charge on any atom is 0.0460 e. The zero-order valence-electron chi connectivity index (χ0n) is 10.7. The van der Waals surface area contributed by atoms with E-state index in [9.17, 15) is 0 Å². The molecule has 1 aliphatic carbocycles. The van der Waals surface area contributed by atoms with E-state index in [4.69, 9.17) is 0 Å². The molecule has 0 bridgehead atoms. The van der Waals surface area contributed by atoms with Gasteiger partial charge in [0, 0.05) is 5.54 Å². The van der Waals surface area contributed by atoms with Crippen LogP contribution in [0.4, 0.5) is 0 Å². The highest BCUT2D eigenvalue weighted by Crippen LogP contribution is 2.43. The van der Waals surface area contributed by atoms with Gasteiger partial charge in [0.25, 0.3) is 0 Å². The first-order chi connectivity index (χ1) is 8.42. The van der Waals surface area contributed by atoms with E-state index in [1.807, 2.05) is 0 Å². The fraction of sp³-hybridized carbons (Fsp3) is 0.625. The van der Waals surface area contributed by atoms with Crippen molar-refractivity contribution in [1.29, 1.82) is 0 Å². The first kappa shape index (κ1) is 11.3. The standard InChI is InChI=1S/C16H23N/c1-3-9-15(10-4-1)16(11-5-2-6-12-16)17-13-7-8-14-17/h1,3-4,9-10H,2,5-8,11-14H2. The van der Waals surface area contributed by atoms with Crippen LogP contribution in [0.15, 0.2) is 30.3 Å². The molecule has 1 heteroatoms. The predicted molar refractivity (Wildman–Crippen MR) is 72.0 cm³/mol. The van der Waals surface area contributed by atoms with Gasteiger partial charge in [0.15, 0.2) is 0 Å². The Balaban J connectivity index is 1.95. The molecular formula is C16H23N. The highest BCUT2D eigenvalue weighted by Gasteiger charge is 2.40. The average Bonchev–Trinajstić information content (AvgIpc) is 2.95. The van der Waals surface area contributed by atoms with E-state index in [1.165, 1.54) is 58.0 Å². The van der Waals surface area contributed by atoms with E-state index in [-0.39, 0.29) is 0 Å². The summed E-state index contributed by atoms with van der Waals surface area (Å²) in [7, 11) is 0. The summed E-state index contributed by atoms with van der Waals surface area (Å²) < 4.78 is 0. The van der Waals surface area contributed by atoms with Crippen LogP contribution in [0.25, 0.3) is 0 Å². The van der Waals surface area contributed by atoms with Crippen molar-refractivity contribution in [1.82, 2.24) is 4.90 Å². The van der Waals surface area contributed by atoms with E-state index in [1.54, 1.807) is 5.56 Å². The smallest absolute Gasteiger partial charge is 0.0460 e. The molecule has 0 amide bonds. The minimum Gasteiger partial charge on any atom is -0.294 e. The maximum absolute atomic E-state index is 2.78. The van der Waals surface area contributed by atoms with Crippen molar-refractivity contribution in [2.24, 2.45) is 0 Å². The van der Waals surface area contributed by atoms with Crippen LogP contribution in [0.5, 0.6) is 0 Å². The van der Waals surface area contributed by atoms with Crippen molar-refractivity contribution in [3.05, 3.63) is 35.9 Å². The molecular weight excluding hydrogens is 206 g/mol. The molecule has 1 aromatic rings. The Morgan fingerprint density at radius 3 is 2.06 bits per heavy atom. The number of hydrogen-bond donors (Lipinski definition) is 0. The van der Waals surface area contributed by atoms with Crippen LogP contribution in [0.2, 0.25) is 0 Å². The second-order valence-electron chi connectivity index (χ2n) is 5.65. The molecule has 0 spiro atoms. The van der Waals surface area contributed by atoms with Gasteiger partial charge in [-0.1, -0.05) is 49.6 Å². The lowest BCUT2D eigenvalue weighted by atomic mass is 9.75. The quantitative estimate of drug-likeness (QED) is 0.742. The van der Waals surface area contributed by atoms with Crippen LogP contribution in [0.1, 0.15) is 50.5 Å². The van der Waals surface area contributed by atoms with Crippen LogP contribution in [0.3, 0.4) is 0 Å². The van der Waals surface area contributed by atoms with Gasteiger partial charge in [-0.15, -0.1) is 0 Å². The fourth-order valence-electron chi connectivity index (χ4n) is 3.82. The van der Waals surface area contributed by atoms with Crippen molar-refractivity contribution in [2.75, 3.05) is 13.1 Å². The largest absolute Gasteiger partial charge is 0.294 e. The average molecular weight is 229 g/mol. The molecule has 1 heterocycles. The lowest BCUT2D eigenvalue weighted by Gasteiger charge is -2.45. The van der Waals surface area contributed by atoms with Gasteiger partial charge in [-0.05, 0) is 44.3 Å². The number of rotatable bonds is 2. The lowest BCUT2D eigenvalue weighted by molar-refractivity contribution is 0.0706. The zero-order valence-corrected chi connectivity index (χ0v) is 10.7. The Morgan fingerprint density at radius 2 is 1.41 bits per heavy atom. The summed E-state index contributed by atoms with van der Waals surface area (Å²) in [5, 5.41) is 0. The first-order valence-electron chi connectivity index (χ1n) is 7.22. The minimum absolute atomic E-state index is 0.385. The summed E-state index contributed by atoms with van der Waals surface area (Å²) in [6.07, 6.45) is 9.79. The Bertz CT molecular complexity index is 345. The van der Waals surface area contributed by atoms with Crippen molar-refractivity contribution in [3.63, 3.8) is 0 Å². The van der Waals surface area contributed by atoms with Gasteiger partial charge in [-0.3, -0.25) is 4.90 Å². The van der Waals surface area contributed by atoms with Crippen molar-refractivity contribution in [2.45, 2.75) is 50.5 Å². The molecule has 2 aliphatic rings.